The van der Waals surface area contributed by atoms with Crippen molar-refractivity contribution in [2.45, 2.75) is 27.2 Å². The molecule has 0 aliphatic heterocycles. The second-order valence-corrected chi connectivity index (χ2v) is 6.28. The number of benzene rings is 1. The molecular formula is C20H29NO6. The van der Waals surface area contributed by atoms with Crippen molar-refractivity contribution in [3.05, 3.63) is 30.0 Å². The summed E-state index contributed by atoms with van der Waals surface area (Å²) in [6.45, 7) is 5.63. The van der Waals surface area contributed by atoms with Crippen LogP contribution in [0.3, 0.4) is 0 Å². The maximum atomic E-state index is 12.2. The molecule has 0 saturated heterocycles. The van der Waals surface area contributed by atoms with Crippen LogP contribution in [0, 0.1) is 5.41 Å². The maximum absolute atomic E-state index is 12.2. The first kappa shape index (κ1) is 22.3. The molecule has 27 heavy (non-hydrogen) atoms. The highest BCUT2D eigenvalue weighted by Gasteiger charge is 2.35. The molecule has 0 spiro atoms. The average molecular weight is 379 g/mol. The number of hydrogen-bond donors (Lipinski definition) is 1. The van der Waals surface area contributed by atoms with E-state index in [-0.39, 0.29) is 12.4 Å². The van der Waals surface area contributed by atoms with Crippen molar-refractivity contribution in [3.8, 4) is 17.2 Å². The van der Waals surface area contributed by atoms with E-state index < -0.39 is 11.4 Å². The monoisotopic (exact) mass is 379 g/mol. The second-order valence-electron chi connectivity index (χ2n) is 6.28. The Balaban J connectivity index is 2.65. The number of carbonyl (C=O) groups excluding carboxylic acids is 2. The lowest BCUT2D eigenvalue weighted by molar-refractivity contribution is -0.156. The number of ketones is 1. The van der Waals surface area contributed by atoms with Gasteiger partial charge in [-0.15, -0.1) is 0 Å². The summed E-state index contributed by atoms with van der Waals surface area (Å²) in [6.07, 6.45) is 3.57. The van der Waals surface area contributed by atoms with Gasteiger partial charge in [-0.05, 0) is 57.2 Å². The van der Waals surface area contributed by atoms with E-state index in [9.17, 15) is 9.59 Å². The Morgan fingerprint density at radius 3 is 2.15 bits per heavy atom. The largest absolute Gasteiger partial charge is 0.493 e. The van der Waals surface area contributed by atoms with Gasteiger partial charge in [0.1, 0.15) is 5.41 Å². The summed E-state index contributed by atoms with van der Waals surface area (Å²) >= 11 is 0. The Hall–Kier alpha value is -2.70. The summed E-state index contributed by atoms with van der Waals surface area (Å²) in [5.74, 6) is 0.879. The molecule has 0 radical (unpaired) electrons. The van der Waals surface area contributed by atoms with Gasteiger partial charge in [-0.2, -0.15) is 0 Å². The summed E-state index contributed by atoms with van der Waals surface area (Å²) in [4.78, 5) is 24.0. The highest BCUT2D eigenvalue weighted by molar-refractivity contribution is 6.08. The summed E-state index contributed by atoms with van der Waals surface area (Å²) in [6, 6.07) is 3.75. The molecule has 1 N–H and O–H groups in total. The highest BCUT2D eigenvalue weighted by Crippen LogP contribution is 2.38. The summed E-state index contributed by atoms with van der Waals surface area (Å²) in [5, 5.41) is 3.04. The minimum absolute atomic E-state index is 0.242. The van der Waals surface area contributed by atoms with Crippen molar-refractivity contribution < 1.29 is 28.5 Å². The van der Waals surface area contributed by atoms with Gasteiger partial charge in [0.05, 0.1) is 27.9 Å². The highest BCUT2D eigenvalue weighted by atomic mass is 16.5. The molecule has 0 unspecified atom stereocenters. The lowest BCUT2D eigenvalue weighted by Crippen LogP contribution is -2.34. The zero-order valence-electron chi connectivity index (χ0n) is 16.9. The number of carbonyl (C=O) groups is 2. The smallest absolute Gasteiger partial charge is 0.319 e. The maximum Gasteiger partial charge on any atom is 0.319 e. The van der Waals surface area contributed by atoms with Crippen LogP contribution in [0.15, 0.2) is 24.4 Å². The quantitative estimate of drug-likeness (QED) is 0.274. The van der Waals surface area contributed by atoms with E-state index in [1.54, 1.807) is 48.3 Å². The van der Waals surface area contributed by atoms with Crippen molar-refractivity contribution in [1.82, 2.24) is 5.32 Å². The lowest BCUT2D eigenvalue weighted by Gasteiger charge is -2.18. The van der Waals surface area contributed by atoms with Crippen LogP contribution in [0.1, 0.15) is 26.3 Å². The molecule has 0 amide bonds. The van der Waals surface area contributed by atoms with Crippen molar-refractivity contribution in [3.63, 3.8) is 0 Å². The Kier molecular flexibility index (Phi) is 8.65. The Morgan fingerprint density at radius 2 is 1.67 bits per heavy atom. The van der Waals surface area contributed by atoms with Crippen LogP contribution in [0.4, 0.5) is 0 Å². The van der Waals surface area contributed by atoms with Crippen molar-refractivity contribution >= 4 is 11.8 Å². The summed E-state index contributed by atoms with van der Waals surface area (Å²) in [7, 11) is 4.69. The molecule has 0 aliphatic carbocycles. The minimum Gasteiger partial charge on any atom is -0.493 e. The molecule has 1 aromatic carbocycles. The topological polar surface area (TPSA) is 83.1 Å². The molecule has 1 aromatic rings. The number of rotatable bonds is 11. The SMILES string of the molecule is CCOC(=O)C(C)(C)C(=O)/C=C\NCCc1cc(OC)c(OC)c(OC)c1. The molecule has 0 aliphatic rings. The molecule has 0 atom stereocenters. The van der Waals surface area contributed by atoms with Gasteiger partial charge in [0, 0.05) is 6.54 Å². The third-order valence-electron chi connectivity index (χ3n) is 4.04. The number of esters is 1. The van der Waals surface area contributed by atoms with Crippen LogP contribution in [0.25, 0.3) is 0 Å². The van der Waals surface area contributed by atoms with Crippen molar-refractivity contribution in [1.29, 1.82) is 0 Å². The zero-order valence-corrected chi connectivity index (χ0v) is 16.9. The first-order valence-electron chi connectivity index (χ1n) is 8.72. The fraction of sp³-hybridized carbons (Fsp3) is 0.500. The molecule has 150 valence electrons. The Bertz CT molecular complexity index is 656. The molecule has 0 bridgehead atoms. The van der Waals surface area contributed by atoms with E-state index in [1.807, 2.05) is 12.1 Å². The van der Waals surface area contributed by atoms with Gasteiger partial charge in [0.25, 0.3) is 0 Å². The van der Waals surface area contributed by atoms with Gasteiger partial charge in [-0.25, -0.2) is 0 Å². The third-order valence-corrected chi connectivity index (χ3v) is 4.04. The predicted octanol–water partition coefficient (Wildman–Crippen LogP) is 2.52. The first-order valence-corrected chi connectivity index (χ1v) is 8.72. The van der Waals surface area contributed by atoms with Crippen LogP contribution >= 0.6 is 0 Å². The van der Waals surface area contributed by atoms with Gasteiger partial charge >= 0.3 is 5.97 Å². The third kappa shape index (κ3) is 5.91. The lowest BCUT2D eigenvalue weighted by atomic mass is 9.88. The van der Waals surface area contributed by atoms with Gasteiger partial charge in [-0.1, -0.05) is 0 Å². The number of nitrogens with one attached hydrogen (secondary N) is 1. The van der Waals surface area contributed by atoms with Crippen LogP contribution in [-0.2, 0) is 20.7 Å². The molecule has 7 nitrogen and oxygen atoms in total. The van der Waals surface area contributed by atoms with Crippen LogP contribution in [0.2, 0.25) is 0 Å². The fourth-order valence-corrected chi connectivity index (χ4v) is 2.33. The number of ether oxygens (including phenoxy) is 4. The predicted molar refractivity (Wildman–Crippen MR) is 102 cm³/mol. The van der Waals surface area contributed by atoms with Gasteiger partial charge < -0.3 is 24.3 Å². The van der Waals surface area contributed by atoms with Crippen LogP contribution in [-0.4, -0.2) is 46.2 Å². The number of hydrogen-bond acceptors (Lipinski definition) is 7. The van der Waals surface area contributed by atoms with Crippen LogP contribution < -0.4 is 19.5 Å². The van der Waals surface area contributed by atoms with E-state index >= 15 is 0 Å². The van der Waals surface area contributed by atoms with E-state index in [4.69, 9.17) is 18.9 Å². The van der Waals surface area contributed by atoms with Crippen molar-refractivity contribution in [2.75, 3.05) is 34.5 Å². The second kappa shape index (κ2) is 10.4. The minimum atomic E-state index is -1.20. The normalized spacial score (nSPS) is 11.2. The standard InChI is InChI=1S/C20H29NO6/c1-7-27-19(23)20(2,3)17(22)9-11-21-10-8-14-12-15(24-4)18(26-6)16(13-14)25-5/h9,11-13,21H,7-8,10H2,1-6H3/b11-9-. The summed E-state index contributed by atoms with van der Waals surface area (Å²) in [5.41, 5.74) is -0.214. The molecular weight excluding hydrogens is 350 g/mol. The van der Waals surface area contributed by atoms with Crippen molar-refractivity contribution in [2.24, 2.45) is 5.41 Å². The van der Waals surface area contributed by atoms with E-state index in [0.29, 0.717) is 30.2 Å². The van der Waals surface area contributed by atoms with E-state index in [2.05, 4.69) is 5.32 Å². The molecule has 1 rings (SSSR count). The Morgan fingerprint density at radius 1 is 1.07 bits per heavy atom. The van der Waals surface area contributed by atoms with Crippen LogP contribution in [0.5, 0.6) is 17.2 Å². The van der Waals surface area contributed by atoms with Gasteiger partial charge in [0.2, 0.25) is 5.75 Å². The van der Waals surface area contributed by atoms with E-state index in [0.717, 1.165) is 5.56 Å². The van der Waals surface area contributed by atoms with E-state index in [1.165, 1.54) is 6.08 Å². The average Bonchev–Trinajstić information content (AvgIpc) is 2.66. The number of methoxy groups -OCH3 is 3. The molecule has 0 aromatic heterocycles. The molecule has 7 heteroatoms. The van der Waals surface area contributed by atoms with Gasteiger partial charge in [0.15, 0.2) is 17.3 Å². The number of allylic oxidation sites excluding steroid dienone is 1. The molecule has 0 fully saturated rings. The van der Waals surface area contributed by atoms with Gasteiger partial charge in [-0.3, -0.25) is 9.59 Å². The Labute approximate surface area is 160 Å². The first-order chi connectivity index (χ1) is 12.8. The fourth-order valence-electron chi connectivity index (χ4n) is 2.33. The molecule has 0 saturated carbocycles. The molecule has 0 heterocycles. The zero-order chi connectivity index (χ0) is 20.4. The summed E-state index contributed by atoms with van der Waals surface area (Å²) < 4.78 is 20.9.